The molecule has 0 bridgehead atoms. The molecule has 25 heavy (non-hydrogen) atoms. The third kappa shape index (κ3) is 6.36. The molecule has 138 valence electrons. The van der Waals surface area contributed by atoms with Crippen LogP contribution in [0.2, 0.25) is 0 Å². The molecule has 1 fully saturated rings. The first-order chi connectivity index (χ1) is 12.0. The van der Waals surface area contributed by atoms with E-state index in [2.05, 4.69) is 40.1 Å². The Morgan fingerprint density at radius 1 is 1.40 bits per heavy atom. The summed E-state index contributed by atoms with van der Waals surface area (Å²) in [5.74, 6) is 1.56. The summed E-state index contributed by atoms with van der Waals surface area (Å²) in [6.45, 7) is 6.33. The van der Waals surface area contributed by atoms with Gasteiger partial charge in [0, 0.05) is 45.6 Å². The van der Waals surface area contributed by atoms with Gasteiger partial charge in [-0.2, -0.15) is 0 Å². The molecule has 0 unspecified atom stereocenters. The number of rotatable bonds is 5. The lowest BCUT2D eigenvalue weighted by atomic mass is 9.91. The van der Waals surface area contributed by atoms with Crippen molar-refractivity contribution in [3.63, 3.8) is 0 Å². The van der Waals surface area contributed by atoms with Gasteiger partial charge in [-0.05, 0) is 50.7 Å². The van der Waals surface area contributed by atoms with Crippen molar-refractivity contribution in [3.8, 4) is 0 Å². The summed E-state index contributed by atoms with van der Waals surface area (Å²) in [4.78, 5) is 24.5. The van der Waals surface area contributed by atoms with Gasteiger partial charge < -0.3 is 15.1 Å². The van der Waals surface area contributed by atoms with Crippen LogP contribution in [-0.4, -0.2) is 66.4 Å². The average molecular weight is 345 g/mol. The number of amides is 1. The molecule has 1 aromatic rings. The molecule has 2 heterocycles. The summed E-state index contributed by atoms with van der Waals surface area (Å²) in [5.41, 5.74) is 1.31. The zero-order valence-corrected chi connectivity index (χ0v) is 15.9. The largest absolute Gasteiger partial charge is 0.354 e. The van der Waals surface area contributed by atoms with Crippen LogP contribution in [-0.2, 0) is 11.2 Å². The van der Waals surface area contributed by atoms with Crippen LogP contribution >= 0.6 is 0 Å². The van der Waals surface area contributed by atoms with Crippen molar-refractivity contribution in [1.82, 2.24) is 20.1 Å². The number of nitrogens with zero attached hydrogens (tertiary/aromatic N) is 4. The number of aromatic nitrogens is 1. The van der Waals surface area contributed by atoms with E-state index >= 15 is 0 Å². The number of hydrogen-bond acceptors (Lipinski definition) is 3. The van der Waals surface area contributed by atoms with Crippen LogP contribution < -0.4 is 5.32 Å². The Balaban J connectivity index is 1.91. The first kappa shape index (κ1) is 19.2. The minimum atomic E-state index is 0.0227. The quantitative estimate of drug-likeness (QED) is 0.653. The maximum atomic E-state index is 11.8. The number of aliphatic imine (C=N–C) groups is 1. The number of pyridine rings is 1. The van der Waals surface area contributed by atoms with Gasteiger partial charge >= 0.3 is 0 Å². The Labute approximate surface area is 151 Å². The molecule has 0 spiro atoms. The lowest BCUT2D eigenvalue weighted by Crippen LogP contribution is -2.48. The van der Waals surface area contributed by atoms with Crippen molar-refractivity contribution < 1.29 is 4.79 Å². The molecule has 6 heteroatoms. The van der Waals surface area contributed by atoms with Crippen molar-refractivity contribution in [3.05, 3.63) is 30.1 Å². The molecular formula is C19H31N5O. The van der Waals surface area contributed by atoms with E-state index in [0.29, 0.717) is 12.0 Å². The molecule has 1 aliphatic rings. The van der Waals surface area contributed by atoms with Gasteiger partial charge in [-0.25, -0.2) is 4.99 Å². The fourth-order valence-corrected chi connectivity index (χ4v) is 2.98. The summed E-state index contributed by atoms with van der Waals surface area (Å²) < 4.78 is 0. The van der Waals surface area contributed by atoms with Gasteiger partial charge in [0.2, 0.25) is 5.91 Å². The Kier molecular flexibility index (Phi) is 7.22. The normalized spacial score (nSPS) is 16.2. The van der Waals surface area contributed by atoms with E-state index < -0.39 is 0 Å². The molecule has 6 nitrogen and oxygen atoms in total. The third-order valence-corrected chi connectivity index (χ3v) is 4.44. The number of piperidine rings is 1. The highest BCUT2D eigenvalue weighted by Crippen LogP contribution is 2.21. The lowest BCUT2D eigenvalue weighted by Gasteiger charge is -2.35. The van der Waals surface area contributed by atoms with E-state index in [9.17, 15) is 4.79 Å². The van der Waals surface area contributed by atoms with Gasteiger partial charge in [0.15, 0.2) is 5.96 Å². The molecule has 1 aliphatic heterocycles. The standard InChI is InChI=1S/C19H31N5O/c1-15(2)22-19(21-14-18(25)23(3)4)24-10-7-16(8-11-24)12-17-6-5-9-20-13-17/h5-6,9,13,15-16H,7-8,10-12,14H2,1-4H3,(H,21,22). The second kappa shape index (κ2) is 9.39. The van der Waals surface area contributed by atoms with Crippen LogP contribution in [0.3, 0.4) is 0 Å². The molecule has 0 saturated carbocycles. The Morgan fingerprint density at radius 3 is 2.68 bits per heavy atom. The number of carbonyl (C=O) groups excluding carboxylic acids is 1. The summed E-state index contributed by atoms with van der Waals surface area (Å²) in [6.07, 6.45) is 7.14. The highest BCUT2D eigenvalue weighted by molar-refractivity contribution is 5.85. The maximum Gasteiger partial charge on any atom is 0.243 e. The molecule has 0 aliphatic carbocycles. The van der Waals surface area contributed by atoms with E-state index in [4.69, 9.17) is 0 Å². The topological polar surface area (TPSA) is 60.8 Å². The smallest absolute Gasteiger partial charge is 0.243 e. The fraction of sp³-hybridized carbons (Fsp3) is 0.632. The molecule has 2 rings (SSSR count). The van der Waals surface area contributed by atoms with Crippen LogP contribution in [0.4, 0.5) is 0 Å². The number of guanidine groups is 1. The lowest BCUT2D eigenvalue weighted by molar-refractivity contribution is -0.127. The molecule has 1 N–H and O–H groups in total. The molecule has 0 radical (unpaired) electrons. The molecule has 0 aromatic carbocycles. The Morgan fingerprint density at radius 2 is 2.12 bits per heavy atom. The predicted molar refractivity (Wildman–Crippen MR) is 102 cm³/mol. The Bertz CT molecular complexity index is 562. The average Bonchev–Trinajstić information content (AvgIpc) is 2.59. The van der Waals surface area contributed by atoms with Crippen LogP contribution in [0.15, 0.2) is 29.5 Å². The van der Waals surface area contributed by atoms with Gasteiger partial charge in [-0.1, -0.05) is 6.07 Å². The van der Waals surface area contributed by atoms with E-state index in [0.717, 1.165) is 38.3 Å². The third-order valence-electron chi connectivity index (χ3n) is 4.44. The van der Waals surface area contributed by atoms with Gasteiger partial charge in [0.05, 0.1) is 0 Å². The fourth-order valence-electron chi connectivity index (χ4n) is 2.98. The number of hydrogen-bond donors (Lipinski definition) is 1. The SMILES string of the molecule is CC(C)NC(=NCC(=O)N(C)C)N1CCC(Cc2cccnc2)CC1. The summed E-state index contributed by atoms with van der Waals surface area (Å²) >= 11 is 0. The van der Waals surface area contributed by atoms with Crippen molar-refractivity contribution in [1.29, 1.82) is 0 Å². The molecule has 0 atom stereocenters. The first-order valence-corrected chi connectivity index (χ1v) is 9.10. The minimum absolute atomic E-state index is 0.0227. The van der Waals surface area contributed by atoms with Crippen molar-refractivity contribution in [2.45, 2.75) is 39.2 Å². The molecule has 1 saturated heterocycles. The van der Waals surface area contributed by atoms with Crippen LogP contribution in [0, 0.1) is 5.92 Å². The second-order valence-electron chi connectivity index (χ2n) is 7.22. The van der Waals surface area contributed by atoms with Crippen molar-refractivity contribution >= 4 is 11.9 Å². The van der Waals surface area contributed by atoms with Crippen LogP contribution in [0.1, 0.15) is 32.3 Å². The second-order valence-corrected chi connectivity index (χ2v) is 7.22. The van der Waals surface area contributed by atoms with Gasteiger partial charge in [0.1, 0.15) is 6.54 Å². The predicted octanol–water partition coefficient (Wildman–Crippen LogP) is 1.78. The summed E-state index contributed by atoms with van der Waals surface area (Å²) in [6, 6.07) is 4.45. The highest BCUT2D eigenvalue weighted by atomic mass is 16.2. The summed E-state index contributed by atoms with van der Waals surface area (Å²) in [7, 11) is 3.52. The van der Waals surface area contributed by atoms with Gasteiger partial charge in [-0.3, -0.25) is 9.78 Å². The summed E-state index contributed by atoms with van der Waals surface area (Å²) in [5, 5.41) is 3.40. The molecule has 1 amide bonds. The number of likely N-dealkylation sites (N-methyl/N-ethyl adjacent to an activating group) is 1. The maximum absolute atomic E-state index is 11.8. The van der Waals surface area contributed by atoms with Crippen LogP contribution in [0.25, 0.3) is 0 Å². The molecular weight excluding hydrogens is 314 g/mol. The molecule has 1 aromatic heterocycles. The van der Waals surface area contributed by atoms with Gasteiger partial charge in [-0.15, -0.1) is 0 Å². The zero-order valence-electron chi connectivity index (χ0n) is 15.9. The number of nitrogens with one attached hydrogen (secondary N) is 1. The first-order valence-electron chi connectivity index (χ1n) is 9.10. The number of carbonyl (C=O) groups is 1. The highest BCUT2D eigenvalue weighted by Gasteiger charge is 2.22. The zero-order chi connectivity index (χ0) is 18.2. The van der Waals surface area contributed by atoms with E-state index in [-0.39, 0.29) is 12.5 Å². The monoisotopic (exact) mass is 345 g/mol. The Hall–Kier alpha value is -2.11. The minimum Gasteiger partial charge on any atom is -0.354 e. The van der Waals surface area contributed by atoms with E-state index in [1.54, 1.807) is 19.0 Å². The van der Waals surface area contributed by atoms with E-state index in [1.165, 1.54) is 5.56 Å². The van der Waals surface area contributed by atoms with Crippen molar-refractivity contribution in [2.75, 3.05) is 33.7 Å². The van der Waals surface area contributed by atoms with Crippen LogP contribution in [0.5, 0.6) is 0 Å². The van der Waals surface area contributed by atoms with Gasteiger partial charge in [0.25, 0.3) is 0 Å². The number of likely N-dealkylation sites (tertiary alicyclic amines) is 1. The van der Waals surface area contributed by atoms with E-state index in [1.807, 2.05) is 18.5 Å². The van der Waals surface area contributed by atoms with Crippen molar-refractivity contribution in [2.24, 2.45) is 10.9 Å².